The summed E-state index contributed by atoms with van der Waals surface area (Å²) in [5.74, 6) is 1.66. The molecule has 0 amide bonds. The summed E-state index contributed by atoms with van der Waals surface area (Å²) in [6, 6.07) is 83.9. The number of para-hydroxylation sites is 2. The fourth-order valence-corrected chi connectivity index (χ4v) is 11.2. The maximum absolute atomic E-state index is 6.45. The number of hydrogen-bond acceptors (Lipinski definition) is 4. The minimum absolute atomic E-state index is 0.530. The summed E-state index contributed by atoms with van der Waals surface area (Å²) in [5, 5.41) is 11.4. The molecule has 71 heavy (non-hydrogen) atoms. The normalized spacial score (nSPS) is 11.9. The second kappa shape index (κ2) is 15.4. The van der Waals surface area contributed by atoms with Crippen LogP contribution in [-0.4, -0.2) is 24.1 Å². The second-order valence-corrected chi connectivity index (χ2v) is 18.3. The van der Waals surface area contributed by atoms with E-state index in [-0.39, 0.29) is 0 Å². The molecule has 0 aliphatic carbocycles. The summed E-state index contributed by atoms with van der Waals surface area (Å²) in [6.07, 6.45) is 0. The Bertz CT molecular complexity index is 4610. The summed E-state index contributed by atoms with van der Waals surface area (Å²) in [6.45, 7) is 0. The van der Waals surface area contributed by atoms with Gasteiger partial charge in [-0.25, -0.2) is 4.98 Å². The van der Waals surface area contributed by atoms with Crippen LogP contribution in [0.3, 0.4) is 0 Å². The molecular weight excluding hydrogens is 867 g/mol. The molecule has 0 saturated carbocycles. The van der Waals surface area contributed by atoms with Crippen LogP contribution in [0.25, 0.3) is 144 Å². The van der Waals surface area contributed by atoms with Crippen LogP contribution in [0.1, 0.15) is 0 Å². The lowest BCUT2D eigenvalue weighted by atomic mass is 9.95. The number of hydrogen-bond donors (Lipinski definition) is 0. The van der Waals surface area contributed by atoms with Crippen molar-refractivity contribution in [3.63, 3.8) is 0 Å². The highest BCUT2D eigenvalue weighted by Gasteiger charge is 2.26. The third-order valence-corrected chi connectivity index (χ3v) is 14.4. The van der Waals surface area contributed by atoms with Crippen molar-refractivity contribution in [2.45, 2.75) is 0 Å². The number of benzene rings is 11. The van der Waals surface area contributed by atoms with Gasteiger partial charge in [0.1, 0.15) is 11.2 Å². The minimum Gasteiger partial charge on any atom is -0.456 e. The van der Waals surface area contributed by atoms with Gasteiger partial charge in [-0.1, -0.05) is 188 Å². The molecule has 330 valence electrons. The summed E-state index contributed by atoms with van der Waals surface area (Å²) >= 11 is 0. The number of aromatic nitrogens is 5. The maximum atomic E-state index is 6.45. The molecule has 15 rings (SSSR count). The maximum Gasteiger partial charge on any atom is 0.238 e. The van der Waals surface area contributed by atoms with Crippen molar-refractivity contribution < 1.29 is 4.42 Å². The van der Waals surface area contributed by atoms with Crippen molar-refractivity contribution in [3.05, 3.63) is 237 Å². The van der Waals surface area contributed by atoms with Crippen molar-refractivity contribution in [1.82, 2.24) is 24.1 Å². The molecule has 0 bridgehead atoms. The molecule has 11 aromatic carbocycles. The van der Waals surface area contributed by atoms with E-state index in [0.29, 0.717) is 17.6 Å². The van der Waals surface area contributed by atoms with E-state index >= 15 is 0 Å². The van der Waals surface area contributed by atoms with Gasteiger partial charge in [0.15, 0.2) is 11.6 Å². The molecule has 0 radical (unpaired) electrons. The highest BCUT2D eigenvalue weighted by Crippen LogP contribution is 2.47. The summed E-state index contributed by atoms with van der Waals surface area (Å²) in [4.78, 5) is 16.3. The zero-order valence-corrected chi connectivity index (χ0v) is 38.2. The molecule has 0 saturated heterocycles. The van der Waals surface area contributed by atoms with Gasteiger partial charge in [-0.2, -0.15) is 9.97 Å². The predicted octanol–water partition coefficient (Wildman–Crippen LogP) is 16.9. The molecule has 4 heterocycles. The molecule has 0 N–H and O–H groups in total. The molecular formula is C65H39N5O. The van der Waals surface area contributed by atoms with Gasteiger partial charge in [0.25, 0.3) is 0 Å². The Labute approximate surface area is 407 Å². The van der Waals surface area contributed by atoms with E-state index in [4.69, 9.17) is 19.4 Å². The van der Waals surface area contributed by atoms with Crippen LogP contribution < -0.4 is 0 Å². The van der Waals surface area contributed by atoms with Gasteiger partial charge in [0.2, 0.25) is 5.95 Å². The molecule has 15 aromatic rings. The van der Waals surface area contributed by atoms with E-state index < -0.39 is 0 Å². The summed E-state index contributed by atoms with van der Waals surface area (Å²) in [5.41, 5.74) is 13.4. The molecule has 0 unspecified atom stereocenters. The molecule has 0 atom stereocenters. The molecule has 4 aromatic heterocycles. The largest absolute Gasteiger partial charge is 0.456 e. The number of furan rings is 1. The molecule has 6 nitrogen and oxygen atoms in total. The highest BCUT2D eigenvalue weighted by atomic mass is 16.3. The van der Waals surface area contributed by atoms with Crippen molar-refractivity contribution in [3.8, 4) is 56.7 Å². The molecule has 6 heteroatoms. The summed E-state index contributed by atoms with van der Waals surface area (Å²) in [7, 11) is 0. The third-order valence-electron chi connectivity index (χ3n) is 14.4. The van der Waals surface area contributed by atoms with Crippen LogP contribution in [0.5, 0.6) is 0 Å². The van der Waals surface area contributed by atoms with E-state index in [0.717, 1.165) is 93.5 Å². The van der Waals surface area contributed by atoms with Crippen molar-refractivity contribution >= 4 is 87.1 Å². The Kier molecular flexibility index (Phi) is 8.56. The summed E-state index contributed by atoms with van der Waals surface area (Å²) < 4.78 is 11.2. The van der Waals surface area contributed by atoms with E-state index in [1.807, 2.05) is 24.3 Å². The number of rotatable bonds is 6. The van der Waals surface area contributed by atoms with E-state index in [9.17, 15) is 0 Å². The van der Waals surface area contributed by atoms with Crippen molar-refractivity contribution in [2.75, 3.05) is 0 Å². The molecule has 0 aliphatic rings. The Morgan fingerprint density at radius 1 is 0.282 bits per heavy atom. The minimum atomic E-state index is 0.530. The topological polar surface area (TPSA) is 61.7 Å². The van der Waals surface area contributed by atoms with E-state index in [1.54, 1.807) is 0 Å². The second-order valence-electron chi connectivity index (χ2n) is 18.3. The molecule has 0 fully saturated rings. The van der Waals surface area contributed by atoms with Gasteiger partial charge in [-0.3, -0.25) is 4.57 Å². The molecule has 0 spiro atoms. The quantitative estimate of drug-likeness (QED) is 0.156. The van der Waals surface area contributed by atoms with Crippen LogP contribution >= 0.6 is 0 Å². The van der Waals surface area contributed by atoms with E-state index in [2.05, 4.69) is 221 Å². The highest BCUT2D eigenvalue weighted by molar-refractivity contribution is 6.38. The number of fused-ring (bicyclic) bond motifs is 15. The first-order valence-corrected chi connectivity index (χ1v) is 24.0. The monoisotopic (exact) mass is 905 g/mol. The Balaban J connectivity index is 1.04. The van der Waals surface area contributed by atoms with E-state index in [1.165, 1.54) is 32.7 Å². The fourth-order valence-electron chi connectivity index (χ4n) is 11.2. The van der Waals surface area contributed by atoms with Crippen LogP contribution in [0.2, 0.25) is 0 Å². The first-order valence-electron chi connectivity index (χ1n) is 24.0. The van der Waals surface area contributed by atoms with Gasteiger partial charge in [-0.15, -0.1) is 0 Å². The van der Waals surface area contributed by atoms with Gasteiger partial charge in [-0.05, 0) is 86.9 Å². The Hall–Kier alpha value is -9.65. The third kappa shape index (κ3) is 6.05. The fraction of sp³-hybridized carbons (Fsp3) is 0. The lowest BCUT2D eigenvalue weighted by Crippen LogP contribution is -2.06. The van der Waals surface area contributed by atoms with Gasteiger partial charge in [0.05, 0.1) is 22.1 Å². The predicted molar refractivity (Wildman–Crippen MR) is 293 cm³/mol. The van der Waals surface area contributed by atoms with Crippen LogP contribution in [0.15, 0.2) is 241 Å². The standard InChI is InChI=1S/C65H39N5O/c1-3-15-40(16-4-1)42-27-29-44(30-28-42)63-66-64(45-33-36-50-49-21-12-14-26-57(49)71-58(50)39-45)68-65(67-63)70-56-38-37-55-59(61(56)60-51-22-9-7-19-47(51)48-20-8-10-23-52(48)62(60)70)53-24-11-13-25-54(53)69(55)46-34-31-43(32-35-46)41-17-5-2-6-18-41/h1-39H. The van der Waals surface area contributed by atoms with Gasteiger partial charge < -0.3 is 8.98 Å². The van der Waals surface area contributed by atoms with Gasteiger partial charge in [0, 0.05) is 54.5 Å². The van der Waals surface area contributed by atoms with Crippen molar-refractivity contribution in [2.24, 2.45) is 0 Å². The Morgan fingerprint density at radius 2 is 0.775 bits per heavy atom. The molecule has 0 aliphatic heterocycles. The first kappa shape index (κ1) is 39.4. The van der Waals surface area contributed by atoms with Crippen LogP contribution in [-0.2, 0) is 0 Å². The van der Waals surface area contributed by atoms with Crippen molar-refractivity contribution in [1.29, 1.82) is 0 Å². The first-order chi connectivity index (χ1) is 35.2. The smallest absolute Gasteiger partial charge is 0.238 e. The van der Waals surface area contributed by atoms with Crippen LogP contribution in [0, 0.1) is 0 Å². The SMILES string of the molecule is c1ccc(-c2ccc(-c3nc(-c4ccc5c(c4)oc4ccccc45)nc(-n4c5ccc6c(c7ccccc7n6-c6ccc(-c7ccccc7)cc6)c5c5c6ccccc6c6ccccc6c54)n3)cc2)cc1. The Morgan fingerprint density at radius 3 is 1.48 bits per heavy atom. The average Bonchev–Trinajstić information content (AvgIpc) is 4.12. The lowest BCUT2D eigenvalue weighted by molar-refractivity contribution is 0.669. The van der Waals surface area contributed by atoms with Gasteiger partial charge >= 0.3 is 0 Å². The zero-order chi connectivity index (χ0) is 46.6. The average molecular weight is 906 g/mol. The number of nitrogens with zero attached hydrogens (tertiary/aromatic N) is 5. The lowest BCUT2D eigenvalue weighted by Gasteiger charge is -2.13. The van der Waals surface area contributed by atoms with Crippen LogP contribution in [0.4, 0.5) is 0 Å². The zero-order valence-electron chi connectivity index (χ0n) is 38.2.